The Balaban J connectivity index is 1.53. The summed E-state index contributed by atoms with van der Waals surface area (Å²) in [7, 11) is 0. The molecular formula is C23H29FN4O4. The number of carbonyl (C=O) groups is 1. The number of aromatic nitrogens is 1. The molecule has 0 radical (unpaired) electrons. The summed E-state index contributed by atoms with van der Waals surface area (Å²) in [6, 6.07) is 3.45. The Morgan fingerprint density at radius 2 is 2.16 bits per heavy atom. The first-order chi connectivity index (χ1) is 15.4. The van der Waals surface area contributed by atoms with Crippen molar-refractivity contribution >= 4 is 5.91 Å². The number of hydrogen-bond donors (Lipinski definition) is 0. The summed E-state index contributed by atoms with van der Waals surface area (Å²) in [5, 5.41) is 10.6. The van der Waals surface area contributed by atoms with Crippen molar-refractivity contribution in [2.24, 2.45) is 0 Å². The molecule has 3 heterocycles. The van der Waals surface area contributed by atoms with Crippen molar-refractivity contribution in [2.45, 2.75) is 38.1 Å². The smallest absolute Gasteiger partial charge is 0.249 e. The van der Waals surface area contributed by atoms with Gasteiger partial charge >= 0.3 is 0 Å². The normalized spacial score (nSPS) is 19.6. The van der Waals surface area contributed by atoms with Gasteiger partial charge in [0.15, 0.2) is 0 Å². The molecule has 1 aromatic rings. The summed E-state index contributed by atoms with van der Waals surface area (Å²) in [6.07, 6.45) is 9.67. The monoisotopic (exact) mass is 444 g/mol. The van der Waals surface area contributed by atoms with Crippen LogP contribution in [0.1, 0.15) is 30.5 Å². The van der Waals surface area contributed by atoms with Gasteiger partial charge in [-0.15, -0.1) is 0 Å². The average Bonchev–Trinajstić information content (AvgIpc) is 2.80. The van der Waals surface area contributed by atoms with E-state index >= 15 is 0 Å². The molecule has 1 spiro atoms. The standard InChI is InChI=1S/C23H29FN4O4/c1-2-3-19(7-11-28(30)31)6-10-26-12-8-23(9-13-26)18-27(22(29)17-32-23)16-21-5-4-20(14-24)15-25-21/h2-5,7,11,15H,1,6,8-10,12-14,16-18H2/b11-7+,19-3-. The van der Waals surface area contributed by atoms with Gasteiger partial charge in [-0.05, 0) is 30.9 Å². The van der Waals surface area contributed by atoms with E-state index in [0.717, 1.165) is 49.9 Å². The highest BCUT2D eigenvalue weighted by molar-refractivity contribution is 5.78. The molecule has 0 bridgehead atoms. The average molecular weight is 445 g/mol. The summed E-state index contributed by atoms with van der Waals surface area (Å²) < 4.78 is 18.7. The quantitative estimate of drug-likeness (QED) is 0.330. The van der Waals surface area contributed by atoms with Crippen LogP contribution in [0.5, 0.6) is 0 Å². The van der Waals surface area contributed by atoms with E-state index in [-0.39, 0.29) is 18.1 Å². The van der Waals surface area contributed by atoms with E-state index in [1.165, 1.54) is 12.3 Å². The molecule has 32 heavy (non-hydrogen) atoms. The predicted octanol–water partition coefficient (Wildman–Crippen LogP) is 3.04. The minimum atomic E-state index is -0.555. The maximum atomic E-state index is 12.7. The van der Waals surface area contributed by atoms with Crippen molar-refractivity contribution in [3.8, 4) is 0 Å². The summed E-state index contributed by atoms with van der Waals surface area (Å²) in [5.41, 5.74) is 1.74. The fourth-order valence-electron chi connectivity index (χ4n) is 4.06. The third kappa shape index (κ3) is 6.54. The van der Waals surface area contributed by atoms with Gasteiger partial charge in [-0.1, -0.05) is 24.8 Å². The summed E-state index contributed by atoms with van der Waals surface area (Å²) >= 11 is 0. The highest BCUT2D eigenvalue weighted by Gasteiger charge is 2.42. The molecule has 1 amide bonds. The molecule has 2 aliphatic heterocycles. The molecule has 3 rings (SSSR count). The van der Waals surface area contributed by atoms with E-state index in [1.807, 2.05) is 0 Å². The van der Waals surface area contributed by atoms with Crippen molar-refractivity contribution in [1.29, 1.82) is 0 Å². The van der Waals surface area contributed by atoms with Gasteiger partial charge in [-0.3, -0.25) is 19.9 Å². The highest BCUT2D eigenvalue weighted by atomic mass is 19.1. The lowest BCUT2D eigenvalue weighted by Crippen LogP contribution is -2.58. The van der Waals surface area contributed by atoms with Crippen LogP contribution in [0.25, 0.3) is 0 Å². The lowest BCUT2D eigenvalue weighted by molar-refractivity contribution is -0.402. The Hall–Kier alpha value is -2.91. The number of hydrogen-bond acceptors (Lipinski definition) is 6. The third-order valence-electron chi connectivity index (χ3n) is 5.95. The van der Waals surface area contributed by atoms with Gasteiger partial charge in [0.05, 0.1) is 29.3 Å². The SMILES string of the molecule is C=C/C=C(\C=C\[N+](=O)[O-])CCN1CCC2(CC1)CN(Cc1ccc(CF)cn1)C(=O)CO2. The molecule has 0 unspecified atom stereocenters. The highest BCUT2D eigenvalue weighted by Crippen LogP contribution is 2.31. The van der Waals surface area contributed by atoms with Crippen LogP contribution in [-0.2, 0) is 22.8 Å². The molecule has 2 saturated heterocycles. The number of pyridine rings is 1. The first-order valence-corrected chi connectivity index (χ1v) is 10.7. The first-order valence-electron chi connectivity index (χ1n) is 10.7. The van der Waals surface area contributed by atoms with Crippen LogP contribution in [0, 0.1) is 10.1 Å². The number of allylic oxidation sites excluding steroid dienone is 3. The zero-order valence-corrected chi connectivity index (χ0v) is 18.1. The number of alkyl halides is 1. The number of nitrogens with zero attached hydrogens (tertiary/aromatic N) is 4. The second kappa shape index (κ2) is 11.1. The van der Waals surface area contributed by atoms with Crippen LogP contribution < -0.4 is 0 Å². The zero-order chi connectivity index (χ0) is 23.0. The van der Waals surface area contributed by atoms with E-state index in [0.29, 0.717) is 25.1 Å². The number of piperidine rings is 1. The van der Waals surface area contributed by atoms with E-state index in [1.54, 1.807) is 29.2 Å². The summed E-state index contributed by atoms with van der Waals surface area (Å²) in [6.45, 7) is 6.50. The molecule has 1 aromatic heterocycles. The van der Waals surface area contributed by atoms with Crippen LogP contribution in [0.3, 0.4) is 0 Å². The van der Waals surface area contributed by atoms with Crippen molar-refractivity contribution < 1.29 is 18.8 Å². The minimum Gasteiger partial charge on any atom is -0.363 e. The van der Waals surface area contributed by atoms with E-state index < -0.39 is 11.6 Å². The molecule has 0 atom stereocenters. The molecule has 0 N–H and O–H groups in total. The maximum Gasteiger partial charge on any atom is 0.249 e. The van der Waals surface area contributed by atoms with Gasteiger partial charge in [-0.2, -0.15) is 0 Å². The van der Waals surface area contributed by atoms with E-state index in [4.69, 9.17) is 4.74 Å². The number of ether oxygens (including phenoxy) is 1. The van der Waals surface area contributed by atoms with E-state index in [9.17, 15) is 19.3 Å². The van der Waals surface area contributed by atoms with Crippen molar-refractivity contribution in [3.05, 3.63) is 76.3 Å². The number of rotatable bonds is 9. The van der Waals surface area contributed by atoms with Crippen LogP contribution >= 0.6 is 0 Å². The third-order valence-corrected chi connectivity index (χ3v) is 5.95. The molecule has 0 aliphatic carbocycles. The topological polar surface area (TPSA) is 88.8 Å². The van der Waals surface area contributed by atoms with Gasteiger partial charge in [0, 0.05) is 37.5 Å². The number of carbonyl (C=O) groups excluding carboxylic acids is 1. The largest absolute Gasteiger partial charge is 0.363 e. The molecule has 0 saturated carbocycles. The predicted molar refractivity (Wildman–Crippen MR) is 118 cm³/mol. The van der Waals surface area contributed by atoms with Crippen molar-refractivity contribution in [3.63, 3.8) is 0 Å². The van der Waals surface area contributed by atoms with Crippen molar-refractivity contribution in [1.82, 2.24) is 14.8 Å². The lowest BCUT2D eigenvalue weighted by atomic mass is 9.89. The fourth-order valence-corrected chi connectivity index (χ4v) is 4.06. The minimum absolute atomic E-state index is 0.0560. The Morgan fingerprint density at radius 1 is 1.38 bits per heavy atom. The Morgan fingerprint density at radius 3 is 2.78 bits per heavy atom. The molecular weight excluding hydrogens is 415 g/mol. The Kier molecular flexibility index (Phi) is 8.24. The van der Waals surface area contributed by atoms with Gasteiger partial charge in [0.1, 0.15) is 13.3 Å². The van der Waals surface area contributed by atoms with Crippen LogP contribution in [-0.4, -0.2) is 64.0 Å². The molecule has 2 fully saturated rings. The lowest BCUT2D eigenvalue weighted by Gasteiger charge is -2.47. The molecule has 8 nitrogen and oxygen atoms in total. The molecule has 2 aliphatic rings. The van der Waals surface area contributed by atoms with Crippen molar-refractivity contribution in [2.75, 3.05) is 32.8 Å². The van der Waals surface area contributed by atoms with Gasteiger partial charge in [0.25, 0.3) is 0 Å². The Bertz CT molecular complexity index is 876. The zero-order valence-electron chi connectivity index (χ0n) is 18.1. The Labute approximate surface area is 187 Å². The summed E-state index contributed by atoms with van der Waals surface area (Å²) in [5.74, 6) is -0.0637. The summed E-state index contributed by atoms with van der Waals surface area (Å²) in [4.78, 5) is 30.8. The number of nitro groups is 1. The second-order valence-electron chi connectivity index (χ2n) is 8.18. The fraction of sp³-hybridized carbons (Fsp3) is 0.478. The van der Waals surface area contributed by atoms with Gasteiger partial charge < -0.3 is 14.5 Å². The van der Waals surface area contributed by atoms with Gasteiger partial charge in [0.2, 0.25) is 12.1 Å². The van der Waals surface area contributed by atoms with Crippen LogP contribution in [0.4, 0.5) is 4.39 Å². The molecule has 9 heteroatoms. The number of morpholine rings is 1. The first kappa shape index (κ1) is 23.7. The number of amides is 1. The second-order valence-corrected chi connectivity index (χ2v) is 8.18. The molecule has 172 valence electrons. The number of likely N-dealkylation sites (tertiary alicyclic amines) is 1. The van der Waals surface area contributed by atoms with Crippen LogP contribution in [0.2, 0.25) is 0 Å². The maximum absolute atomic E-state index is 12.7. The molecule has 0 aromatic carbocycles. The van der Waals surface area contributed by atoms with Gasteiger partial charge in [-0.25, -0.2) is 4.39 Å². The van der Waals surface area contributed by atoms with E-state index in [2.05, 4.69) is 16.5 Å². The number of halogens is 1. The van der Waals surface area contributed by atoms with Crippen LogP contribution in [0.15, 0.2) is 54.9 Å².